The Bertz CT molecular complexity index is 472. The lowest BCUT2D eigenvalue weighted by Gasteiger charge is -2.28. The van der Waals surface area contributed by atoms with Crippen molar-refractivity contribution < 1.29 is 0 Å². The molecule has 0 aliphatic heterocycles. The highest BCUT2D eigenvalue weighted by molar-refractivity contribution is 7.98. The first-order valence-electron chi connectivity index (χ1n) is 7.57. The first-order chi connectivity index (χ1) is 10.2. The first kappa shape index (κ1) is 16.1. The van der Waals surface area contributed by atoms with Crippen molar-refractivity contribution >= 4 is 11.8 Å². The van der Waals surface area contributed by atoms with Crippen molar-refractivity contribution in [3.05, 3.63) is 71.8 Å². The minimum absolute atomic E-state index is 0.386. The standard InChI is InChI=1S/C19H25NS/c1-15(14-21-3)20-16(2)19(17-10-6-4-7-11-17)18-12-8-5-9-13-18/h4-13,15-16,19-20H,14H2,1-3H3. The smallest absolute Gasteiger partial charge is 0.0240 e. The summed E-state index contributed by atoms with van der Waals surface area (Å²) >= 11 is 1.89. The summed E-state index contributed by atoms with van der Waals surface area (Å²) in [5, 5.41) is 3.76. The molecule has 2 heteroatoms. The van der Waals surface area contributed by atoms with Crippen molar-refractivity contribution in [3.8, 4) is 0 Å². The molecule has 0 saturated carbocycles. The largest absolute Gasteiger partial charge is 0.310 e. The lowest BCUT2D eigenvalue weighted by molar-refractivity contribution is 0.457. The Morgan fingerprint density at radius 1 is 0.857 bits per heavy atom. The molecule has 2 atom stereocenters. The molecule has 0 aliphatic carbocycles. The minimum atomic E-state index is 0.386. The molecule has 0 aliphatic rings. The van der Waals surface area contributed by atoms with Gasteiger partial charge in [0, 0.05) is 23.8 Å². The Hall–Kier alpha value is -1.25. The molecule has 0 bridgehead atoms. The molecule has 2 aromatic rings. The fraction of sp³-hybridized carbons (Fsp3) is 0.368. The summed E-state index contributed by atoms with van der Waals surface area (Å²) in [6, 6.07) is 22.5. The summed E-state index contributed by atoms with van der Waals surface area (Å²) in [7, 11) is 0. The van der Waals surface area contributed by atoms with E-state index in [1.807, 2.05) is 11.8 Å². The van der Waals surface area contributed by atoms with Crippen molar-refractivity contribution in [3.63, 3.8) is 0 Å². The highest BCUT2D eigenvalue weighted by Gasteiger charge is 2.22. The van der Waals surface area contributed by atoms with Gasteiger partial charge in [-0.3, -0.25) is 0 Å². The van der Waals surface area contributed by atoms with E-state index in [0.717, 1.165) is 5.75 Å². The quantitative estimate of drug-likeness (QED) is 0.805. The monoisotopic (exact) mass is 299 g/mol. The molecule has 0 fully saturated rings. The van der Waals surface area contributed by atoms with Gasteiger partial charge in [0.1, 0.15) is 0 Å². The van der Waals surface area contributed by atoms with Crippen LogP contribution >= 0.6 is 11.8 Å². The molecular formula is C19H25NS. The van der Waals surface area contributed by atoms with E-state index in [1.54, 1.807) is 0 Å². The summed E-state index contributed by atoms with van der Waals surface area (Å²) in [6.45, 7) is 4.56. The number of thioether (sulfide) groups is 1. The van der Waals surface area contributed by atoms with Crippen molar-refractivity contribution in [1.82, 2.24) is 5.32 Å². The molecular weight excluding hydrogens is 274 g/mol. The molecule has 0 aromatic heterocycles. The fourth-order valence-electron chi connectivity index (χ4n) is 2.93. The molecule has 0 radical (unpaired) electrons. The van der Waals surface area contributed by atoms with Gasteiger partial charge in [-0.05, 0) is 31.2 Å². The average molecular weight is 299 g/mol. The number of nitrogens with one attached hydrogen (secondary N) is 1. The maximum atomic E-state index is 3.76. The maximum absolute atomic E-state index is 3.76. The van der Waals surface area contributed by atoms with Crippen LogP contribution in [0.4, 0.5) is 0 Å². The van der Waals surface area contributed by atoms with E-state index in [0.29, 0.717) is 18.0 Å². The van der Waals surface area contributed by atoms with Crippen LogP contribution in [0.3, 0.4) is 0 Å². The van der Waals surface area contributed by atoms with Crippen molar-refractivity contribution in [2.75, 3.05) is 12.0 Å². The first-order valence-corrected chi connectivity index (χ1v) is 8.96. The number of hydrogen-bond acceptors (Lipinski definition) is 2. The average Bonchev–Trinajstić information content (AvgIpc) is 2.50. The molecule has 1 nitrogen and oxygen atoms in total. The topological polar surface area (TPSA) is 12.0 Å². The third-order valence-corrected chi connectivity index (χ3v) is 4.61. The molecule has 0 saturated heterocycles. The zero-order valence-electron chi connectivity index (χ0n) is 13.1. The second-order valence-electron chi connectivity index (χ2n) is 5.61. The van der Waals surface area contributed by atoms with Gasteiger partial charge >= 0.3 is 0 Å². The van der Waals surface area contributed by atoms with Crippen LogP contribution in [0.15, 0.2) is 60.7 Å². The van der Waals surface area contributed by atoms with Crippen LogP contribution in [0.5, 0.6) is 0 Å². The summed E-state index contributed by atoms with van der Waals surface area (Å²) in [6.07, 6.45) is 2.16. The highest BCUT2D eigenvalue weighted by Crippen LogP contribution is 2.28. The maximum Gasteiger partial charge on any atom is 0.0240 e. The van der Waals surface area contributed by atoms with E-state index in [2.05, 4.69) is 86.1 Å². The van der Waals surface area contributed by atoms with Gasteiger partial charge in [0.15, 0.2) is 0 Å². The minimum Gasteiger partial charge on any atom is -0.310 e. The van der Waals surface area contributed by atoms with Crippen LogP contribution in [-0.4, -0.2) is 24.1 Å². The second kappa shape index (κ2) is 8.26. The molecule has 112 valence electrons. The van der Waals surface area contributed by atoms with Gasteiger partial charge in [-0.2, -0.15) is 11.8 Å². The predicted octanol–water partition coefficient (Wildman–Crippen LogP) is 4.55. The van der Waals surface area contributed by atoms with E-state index in [-0.39, 0.29) is 0 Å². The van der Waals surface area contributed by atoms with Gasteiger partial charge in [-0.15, -0.1) is 0 Å². The lowest BCUT2D eigenvalue weighted by Crippen LogP contribution is -2.40. The predicted molar refractivity (Wildman–Crippen MR) is 95.2 cm³/mol. The lowest BCUT2D eigenvalue weighted by atomic mass is 9.85. The van der Waals surface area contributed by atoms with Gasteiger partial charge in [0.05, 0.1) is 0 Å². The zero-order valence-corrected chi connectivity index (χ0v) is 13.9. The summed E-state index contributed by atoms with van der Waals surface area (Å²) < 4.78 is 0. The molecule has 2 aromatic carbocycles. The van der Waals surface area contributed by atoms with Crippen LogP contribution in [0.1, 0.15) is 30.9 Å². The van der Waals surface area contributed by atoms with Crippen LogP contribution in [0, 0.1) is 0 Å². The Balaban J connectivity index is 2.24. The summed E-state index contributed by atoms with van der Waals surface area (Å²) in [4.78, 5) is 0. The Morgan fingerprint density at radius 3 is 1.76 bits per heavy atom. The van der Waals surface area contributed by atoms with E-state index in [9.17, 15) is 0 Å². The van der Waals surface area contributed by atoms with E-state index >= 15 is 0 Å². The fourth-order valence-corrected chi connectivity index (χ4v) is 3.53. The normalized spacial score (nSPS) is 14.1. The van der Waals surface area contributed by atoms with Crippen LogP contribution < -0.4 is 5.32 Å². The van der Waals surface area contributed by atoms with Gasteiger partial charge < -0.3 is 5.32 Å². The molecule has 2 rings (SSSR count). The van der Waals surface area contributed by atoms with Gasteiger partial charge in [0.25, 0.3) is 0 Å². The number of benzene rings is 2. The second-order valence-corrected chi connectivity index (χ2v) is 6.52. The SMILES string of the molecule is CSCC(C)NC(C)C(c1ccccc1)c1ccccc1. The number of rotatable bonds is 7. The summed E-state index contributed by atoms with van der Waals surface area (Å²) in [5.74, 6) is 1.53. The molecule has 2 unspecified atom stereocenters. The van der Waals surface area contributed by atoms with E-state index in [4.69, 9.17) is 0 Å². The third kappa shape index (κ3) is 4.62. The van der Waals surface area contributed by atoms with Gasteiger partial charge in [-0.25, -0.2) is 0 Å². The van der Waals surface area contributed by atoms with Crippen LogP contribution in [-0.2, 0) is 0 Å². The Kier molecular flexibility index (Phi) is 6.34. The van der Waals surface area contributed by atoms with E-state index in [1.165, 1.54) is 11.1 Å². The third-order valence-electron chi connectivity index (χ3n) is 3.78. The number of hydrogen-bond donors (Lipinski definition) is 1. The van der Waals surface area contributed by atoms with E-state index < -0.39 is 0 Å². The molecule has 0 amide bonds. The molecule has 0 heterocycles. The van der Waals surface area contributed by atoms with Crippen molar-refractivity contribution in [2.24, 2.45) is 0 Å². The van der Waals surface area contributed by atoms with Crippen LogP contribution in [0.25, 0.3) is 0 Å². The molecule has 21 heavy (non-hydrogen) atoms. The summed E-state index contributed by atoms with van der Waals surface area (Å²) in [5.41, 5.74) is 2.75. The van der Waals surface area contributed by atoms with Crippen LogP contribution in [0.2, 0.25) is 0 Å². The molecule has 0 spiro atoms. The Labute approximate surface area is 133 Å². The Morgan fingerprint density at radius 2 is 1.33 bits per heavy atom. The highest BCUT2D eigenvalue weighted by atomic mass is 32.2. The van der Waals surface area contributed by atoms with Crippen molar-refractivity contribution in [1.29, 1.82) is 0 Å². The zero-order chi connectivity index (χ0) is 15.1. The molecule has 1 N–H and O–H groups in total. The van der Waals surface area contributed by atoms with Gasteiger partial charge in [-0.1, -0.05) is 60.7 Å². The van der Waals surface area contributed by atoms with Gasteiger partial charge in [0.2, 0.25) is 0 Å². The van der Waals surface area contributed by atoms with Crippen molar-refractivity contribution in [2.45, 2.75) is 31.8 Å².